The van der Waals surface area contributed by atoms with Crippen LogP contribution in [0, 0.1) is 17.4 Å². The number of hydrogen-bond donors (Lipinski definition) is 2. The summed E-state index contributed by atoms with van der Waals surface area (Å²) in [6, 6.07) is 13.9. The lowest BCUT2D eigenvalue weighted by molar-refractivity contribution is 0.00510. The van der Waals surface area contributed by atoms with Crippen LogP contribution in [-0.2, 0) is 9.47 Å². The number of rotatable bonds is 2. The third-order valence-electron chi connectivity index (χ3n) is 4.89. The number of halogens is 1. The van der Waals surface area contributed by atoms with E-state index in [1.165, 1.54) is 11.1 Å². The van der Waals surface area contributed by atoms with Crippen LogP contribution in [0.3, 0.4) is 0 Å². The van der Waals surface area contributed by atoms with E-state index in [-0.39, 0.29) is 11.9 Å². The summed E-state index contributed by atoms with van der Waals surface area (Å²) >= 11 is 2.19. The molecule has 0 aliphatic heterocycles. The number of aromatic nitrogens is 2. The first-order valence-electron chi connectivity index (χ1n) is 11.5. The van der Waals surface area contributed by atoms with Gasteiger partial charge in [0.05, 0.1) is 3.57 Å². The topological polar surface area (TPSA) is 84.2 Å². The standard InChI is InChI=1S/C14H16INO2.C14H17NO2/c1-8-5-6-10-9(7-8)11(15)12(16-10)13(17)18-14(2,3)4;1-9-5-6-11-10(7-9)8-12(15-11)13(16)17-14(2,3)4/h5-7,16H,1-4H3;5-8,15H,1-4H3. The summed E-state index contributed by atoms with van der Waals surface area (Å²) in [5, 5.41) is 2.10. The van der Waals surface area contributed by atoms with Crippen molar-refractivity contribution in [3.05, 3.63) is 68.5 Å². The van der Waals surface area contributed by atoms with E-state index in [0.717, 1.165) is 25.4 Å². The average Bonchev–Trinajstić information content (AvgIpc) is 3.27. The average molecular weight is 588 g/mol. The molecule has 35 heavy (non-hydrogen) atoms. The number of hydrogen-bond acceptors (Lipinski definition) is 4. The minimum atomic E-state index is -0.479. The Morgan fingerprint density at radius 2 is 1.29 bits per heavy atom. The Hall–Kier alpha value is -2.81. The molecule has 4 rings (SSSR count). The van der Waals surface area contributed by atoms with Crippen molar-refractivity contribution >= 4 is 56.3 Å². The van der Waals surface area contributed by atoms with E-state index < -0.39 is 11.2 Å². The normalized spacial score (nSPS) is 11.8. The third-order valence-corrected chi connectivity index (χ3v) is 6.01. The van der Waals surface area contributed by atoms with Crippen LogP contribution in [0.1, 0.15) is 73.6 Å². The fourth-order valence-electron chi connectivity index (χ4n) is 3.44. The summed E-state index contributed by atoms with van der Waals surface area (Å²) < 4.78 is 11.6. The first kappa shape index (κ1) is 26.8. The van der Waals surface area contributed by atoms with Crippen molar-refractivity contribution in [1.82, 2.24) is 9.97 Å². The first-order valence-corrected chi connectivity index (χ1v) is 12.5. The fourth-order valence-corrected chi connectivity index (χ4v) is 4.24. The number of H-pyrrole nitrogens is 2. The Labute approximate surface area is 219 Å². The molecule has 7 heteroatoms. The lowest BCUT2D eigenvalue weighted by Crippen LogP contribution is -2.24. The quantitative estimate of drug-likeness (QED) is 0.188. The number of aryl methyl sites for hydroxylation is 2. The van der Waals surface area contributed by atoms with Crippen LogP contribution in [0.4, 0.5) is 0 Å². The van der Waals surface area contributed by atoms with Crippen molar-refractivity contribution in [2.24, 2.45) is 0 Å². The van der Waals surface area contributed by atoms with Gasteiger partial charge in [0.2, 0.25) is 0 Å². The molecule has 2 heterocycles. The van der Waals surface area contributed by atoms with Gasteiger partial charge in [-0.1, -0.05) is 23.3 Å². The number of carbonyl (C=O) groups excluding carboxylic acids is 2. The molecular weight excluding hydrogens is 555 g/mol. The zero-order chi connectivity index (χ0) is 26.1. The molecule has 0 aliphatic carbocycles. The van der Waals surface area contributed by atoms with Gasteiger partial charge >= 0.3 is 11.9 Å². The highest BCUT2D eigenvalue weighted by molar-refractivity contribution is 14.1. The Bertz CT molecular complexity index is 1380. The molecule has 0 spiro atoms. The molecule has 2 aromatic carbocycles. The van der Waals surface area contributed by atoms with Crippen molar-refractivity contribution in [1.29, 1.82) is 0 Å². The highest BCUT2D eigenvalue weighted by Crippen LogP contribution is 2.26. The maximum atomic E-state index is 12.1. The number of benzene rings is 2. The summed E-state index contributed by atoms with van der Waals surface area (Å²) in [7, 11) is 0. The lowest BCUT2D eigenvalue weighted by atomic mass is 10.2. The first-order chi connectivity index (χ1) is 16.1. The van der Waals surface area contributed by atoms with E-state index >= 15 is 0 Å². The van der Waals surface area contributed by atoms with Gasteiger partial charge in [0.25, 0.3) is 0 Å². The van der Waals surface area contributed by atoms with Gasteiger partial charge in [-0.25, -0.2) is 9.59 Å². The minimum absolute atomic E-state index is 0.305. The predicted molar refractivity (Wildman–Crippen MR) is 149 cm³/mol. The van der Waals surface area contributed by atoms with Crippen LogP contribution in [0.15, 0.2) is 42.5 Å². The highest BCUT2D eigenvalue weighted by atomic mass is 127. The predicted octanol–water partition coefficient (Wildman–Crippen LogP) is 7.47. The van der Waals surface area contributed by atoms with Gasteiger partial charge in [-0.15, -0.1) is 0 Å². The van der Waals surface area contributed by atoms with Gasteiger partial charge in [-0.3, -0.25) is 0 Å². The number of esters is 2. The summed E-state index contributed by atoms with van der Waals surface area (Å²) in [4.78, 5) is 30.1. The molecule has 4 aromatic rings. The van der Waals surface area contributed by atoms with Gasteiger partial charge in [0.15, 0.2) is 0 Å². The second kappa shape index (κ2) is 10.0. The van der Waals surface area contributed by atoms with Crippen LogP contribution in [0.2, 0.25) is 0 Å². The van der Waals surface area contributed by atoms with Gasteiger partial charge in [0.1, 0.15) is 22.6 Å². The van der Waals surface area contributed by atoms with Gasteiger partial charge in [-0.2, -0.15) is 0 Å². The SMILES string of the molecule is Cc1ccc2[nH]c(C(=O)OC(C)(C)C)c(I)c2c1.Cc1ccc2[nH]c(C(=O)OC(C)(C)C)cc2c1. The Morgan fingerprint density at radius 3 is 1.89 bits per heavy atom. The summed E-state index contributed by atoms with van der Waals surface area (Å²) in [5.74, 6) is -0.618. The molecule has 2 aromatic heterocycles. The number of carbonyl (C=O) groups is 2. The second-order valence-corrected chi connectivity index (χ2v) is 11.7. The highest BCUT2D eigenvalue weighted by Gasteiger charge is 2.23. The van der Waals surface area contributed by atoms with E-state index in [0.29, 0.717) is 11.4 Å². The fraction of sp³-hybridized carbons (Fsp3) is 0.357. The van der Waals surface area contributed by atoms with E-state index in [1.54, 1.807) is 0 Å². The molecule has 2 N–H and O–H groups in total. The summed E-state index contributed by atoms with van der Waals surface area (Å²) in [6.45, 7) is 15.2. The maximum absolute atomic E-state index is 12.1. The number of aromatic amines is 2. The van der Waals surface area contributed by atoms with Crippen molar-refractivity contribution in [2.45, 2.75) is 66.6 Å². The molecule has 6 nitrogen and oxygen atoms in total. The smallest absolute Gasteiger partial charge is 0.356 e. The van der Waals surface area contributed by atoms with E-state index in [9.17, 15) is 9.59 Å². The van der Waals surface area contributed by atoms with E-state index in [4.69, 9.17) is 9.47 Å². The van der Waals surface area contributed by atoms with Gasteiger partial charge in [-0.05, 0) is 108 Å². The molecule has 0 aliphatic rings. The summed E-state index contributed by atoms with van der Waals surface area (Å²) in [6.07, 6.45) is 0. The zero-order valence-corrected chi connectivity index (χ0v) is 23.7. The van der Waals surface area contributed by atoms with Crippen molar-refractivity contribution in [3.63, 3.8) is 0 Å². The van der Waals surface area contributed by atoms with Crippen LogP contribution in [0.5, 0.6) is 0 Å². The van der Waals surface area contributed by atoms with Crippen LogP contribution < -0.4 is 0 Å². The molecular formula is C28H33IN2O4. The van der Waals surface area contributed by atoms with Crippen LogP contribution >= 0.6 is 22.6 Å². The lowest BCUT2D eigenvalue weighted by Gasteiger charge is -2.19. The number of ether oxygens (including phenoxy) is 2. The van der Waals surface area contributed by atoms with Gasteiger partial charge < -0.3 is 19.4 Å². The third kappa shape index (κ3) is 7.10. The van der Waals surface area contributed by atoms with Crippen LogP contribution in [-0.4, -0.2) is 33.1 Å². The summed E-state index contributed by atoms with van der Waals surface area (Å²) in [5.41, 5.74) is 4.36. The molecule has 0 unspecified atom stereocenters. The number of nitrogens with one attached hydrogen (secondary N) is 2. The van der Waals surface area contributed by atoms with Crippen molar-refractivity contribution in [3.8, 4) is 0 Å². The van der Waals surface area contributed by atoms with Gasteiger partial charge in [0, 0.05) is 21.8 Å². The Morgan fingerprint density at radius 1 is 0.743 bits per heavy atom. The molecule has 0 saturated heterocycles. The number of fused-ring (bicyclic) bond motifs is 2. The second-order valence-electron chi connectivity index (χ2n) is 10.6. The Balaban J connectivity index is 0.000000196. The molecule has 0 amide bonds. The van der Waals surface area contributed by atoms with Crippen molar-refractivity contribution < 1.29 is 19.1 Å². The van der Waals surface area contributed by atoms with Crippen LogP contribution in [0.25, 0.3) is 21.8 Å². The molecule has 0 fully saturated rings. The van der Waals surface area contributed by atoms with E-state index in [1.807, 2.05) is 91.8 Å². The molecule has 0 saturated carbocycles. The molecule has 0 bridgehead atoms. The molecule has 186 valence electrons. The monoisotopic (exact) mass is 588 g/mol. The Kier molecular flexibility index (Phi) is 7.69. The maximum Gasteiger partial charge on any atom is 0.356 e. The van der Waals surface area contributed by atoms with E-state index in [2.05, 4.69) is 38.6 Å². The zero-order valence-electron chi connectivity index (χ0n) is 21.6. The minimum Gasteiger partial charge on any atom is -0.455 e. The van der Waals surface area contributed by atoms with Crippen molar-refractivity contribution in [2.75, 3.05) is 0 Å². The molecule has 0 atom stereocenters. The molecule has 0 radical (unpaired) electrons. The largest absolute Gasteiger partial charge is 0.455 e.